The molecule has 1 aromatic heterocycles. The van der Waals surface area contributed by atoms with Gasteiger partial charge in [-0.05, 0) is 37.6 Å². The van der Waals surface area contributed by atoms with Gasteiger partial charge in [-0.3, -0.25) is 0 Å². The van der Waals surface area contributed by atoms with Crippen LogP contribution in [0.25, 0.3) is 0 Å². The van der Waals surface area contributed by atoms with Gasteiger partial charge >= 0.3 is 0 Å². The first-order valence-corrected chi connectivity index (χ1v) is 8.36. The van der Waals surface area contributed by atoms with E-state index in [-0.39, 0.29) is 0 Å². The molecule has 3 nitrogen and oxygen atoms in total. The summed E-state index contributed by atoms with van der Waals surface area (Å²) < 4.78 is 4.60. The molecule has 1 saturated carbocycles. The molecule has 0 aliphatic heterocycles. The second kappa shape index (κ2) is 5.94. The van der Waals surface area contributed by atoms with Crippen LogP contribution in [0.1, 0.15) is 43.4 Å². The topological polar surface area (TPSA) is 48.7 Å². The van der Waals surface area contributed by atoms with Crippen molar-refractivity contribution in [2.45, 2.75) is 43.8 Å². The molecule has 0 spiro atoms. The monoisotopic (exact) mass is 281 g/mol. The van der Waals surface area contributed by atoms with E-state index in [0.717, 1.165) is 17.2 Å². The molecule has 1 N–H and O–H groups in total. The maximum atomic E-state index is 9.12. The summed E-state index contributed by atoms with van der Waals surface area (Å²) in [5.41, 5.74) is 1.55. The fourth-order valence-electron chi connectivity index (χ4n) is 2.51. The lowest BCUT2D eigenvalue weighted by molar-refractivity contribution is 0.411. The molecular weight excluding hydrogens is 262 g/mol. The van der Waals surface area contributed by atoms with Crippen molar-refractivity contribution in [3.63, 3.8) is 0 Å². The van der Waals surface area contributed by atoms with Crippen LogP contribution >= 0.6 is 23.3 Å². The Morgan fingerprint density at radius 1 is 1.44 bits per heavy atom. The van der Waals surface area contributed by atoms with Crippen LogP contribution in [-0.4, -0.2) is 21.9 Å². The summed E-state index contributed by atoms with van der Waals surface area (Å²) in [4.78, 5) is 0. The lowest BCUT2D eigenvalue weighted by Gasteiger charge is -2.36. The van der Waals surface area contributed by atoms with Crippen molar-refractivity contribution in [2.75, 3.05) is 18.1 Å². The summed E-state index contributed by atoms with van der Waals surface area (Å²) in [6.45, 7) is 2.84. The minimum absolute atomic E-state index is 0.350. The highest BCUT2D eigenvalue weighted by Crippen LogP contribution is 2.39. The third-order valence-electron chi connectivity index (χ3n) is 3.74. The van der Waals surface area contributed by atoms with Gasteiger partial charge in [0.15, 0.2) is 0 Å². The largest absolute Gasteiger partial charge is 0.373 e. The highest BCUT2D eigenvalue weighted by atomic mass is 32.2. The zero-order valence-electron chi connectivity index (χ0n) is 11.0. The molecular formula is C13H19N3S2. The van der Waals surface area contributed by atoms with Crippen LogP contribution in [-0.2, 0) is 0 Å². The smallest absolute Gasteiger partial charge is 0.127 e. The molecule has 0 atom stereocenters. The normalized spacial score (nSPS) is 18.3. The van der Waals surface area contributed by atoms with E-state index in [2.05, 4.69) is 22.0 Å². The van der Waals surface area contributed by atoms with E-state index < -0.39 is 0 Å². The third kappa shape index (κ3) is 2.81. The predicted octanol–water partition coefficient (Wildman–Crippen LogP) is 3.80. The Morgan fingerprint density at radius 2 is 2.17 bits per heavy atom. The van der Waals surface area contributed by atoms with E-state index >= 15 is 0 Å². The first kappa shape index (κ1) is 13.7. The zero-order valence-corrected chi connectivity index (χ0v) is 12.6. The van der Waals surface area contributed by atoms with Gasteiger partial charge in [0.25, 0.3) is 0 Å². The summed E-state index contributed by atoms with van der Waals surface area (Å²) in [6, 6.07) is 2.24. The average Bonchev–Trinajstić information content (AvgIpc) is 2.78. The first-order valence-electron chi connectivity index (χ1n) is 6.36. The van der Waals surface area contributed by atoms with Crippen LogP contribution < -0.4 is 5.32 Å². The molecule has 0 bridgehead atoms. The number of nitrogens with zero attached hydrogens (tertiary/aromatic N) is 2. The molecule has 18 heavy (non-hydrogen) atoms. The van der Waals surface area contributed by atoms with Crippen molar-refractivity contribution >= 4 is 28.3 Å². The summed E-state index contributed by atoms with van der Waals surface area (Å²) in [5, 5.41) is 13.5. The van der Waals surface area contributed by atoms with Crippen LogP contribution in [0.2, 0.25) is 0 Å². The van der Waals surface area contributed by atoms with Gasteiger partial charge < -0.3 is 5.32 Å². The molecule has 0 unspecified atom stereocenters. The number of hydrogen-bond donors (Lipinski definition) is 1. The van der Waals surface area contributed by atoms with Gasteiger partial charge in [-0.15, -0.1) is 0 Å². The summed E-state index contributed by atoms with van der Waals surface area (Å²) in [6.07, 6.45) is 8.79. The minimum atomic E-state index is 0.350. The number of rotatable bonds is 4. The number of aromatic nitrogens is 1. The Labute approximate surface area is 117 Å². The Kier molecular flexibility index (Phi) is 4.52. The third-order valence-corrected chi connectivity index (χ3v) is 6.06. The lowest BCUT2D eigenvalue weighted by atomic mass is 9.88. The highest BCUT2D eigenvalue weighted by Gasteiger charge is 2.31. The molecule has 2 rings (SSSR count). The average molecular weight is 281 g/mol. The molecule has 1 aromatic rings. The number of nitrogens with one attached hydrogen (secondary N) is 1. The Balaban J connectivity index is 2.03. The summed E-state index contributed by atoms with van der Waals surface area (Å²) in [7, 11) is 0. The Morgan fingerprint density at radius 3 is 2.78 bits per heavy atom. The van der Waals surface area contributed by atoms with E-state index in [9.17, 15) is 0 Å². The van der Waals surface area contributed by atoms with Crippen molar-refractivity contribution in [1.82, 2.24) is 4.37 Å². The molecule has 0 amide bonds. The fourth-order valence-corrected chi connectivity index (χ4v) is 4.17. The quantitative estimate of drug-likeness (QED) is 0.912. The molecule has 0 saturated heterocycles. The maximum absolute atomic E-state index is 9.12. The molecule has 1 aliphatic rings. The molecule has 1 fully saturated rings. The van der Waals surface area contributed by atoms with Crippen molar-refractivity contribution in [3.8, 4) is 6.07 Å². The molecule has 1 heterocycles. The number of hydrogen-bond acceptors (Lipinski definition) is 5. The summed E-state index contributed by atoms with van der Waals surface area (Å²) in [5.74, 6) is 0. The predicted molar refractivity (Wildman–Crippen MR) is 79.4 cm³/mol. The standard InChI is InChI=1S/C13H19N3S2/c1-10-11(8-14)12(18-16-10)15-9-13(17-2)6-4-3-5-7-13/h15H,3-7,9H2,1-2H3. The van der Waals surface area contributed by atoms with E-state index in [0.29, 0.717) is 10.3 Å². The Hall–Kier alpha value is -0.730. The number of thioether (sulfide) groups is 1. The van der Waals surface area contributed by atoms with Crippen molar-refractivity contribution in [1.29, 1.82) is 5.26 Å². The van der Waals surface area contributed by atoms with Crippen molar-refractivity contribution < 1.29 is 0 Å². The minimum Gasteiger partial charge on any atom is -0.373 e. The van der Waals surface area contributed by atoms with Crippen LogP contribution in [0.15, 0.2) is 0 Å². The van der Waals surface area contributed by atoms with E-state index in [1.54, 1.807) is 0 Å². The number of anilines is 1. The maximum Gasteiger partial charge on any atom is 0.127 e. The second-order valence-corrected chi connectivity index (χ2v) is 6.93. The molecule has 1 aliphatic carbocycles. The van der Waals surface area contributed by atoms with Gasteiger partial charge in [-0.25, -0.2) is 0 Å². The second-order valence-electron chi connectivity index (χ2n) is 4.89. The SMILES string of the molecule is CSC1(CNc2snc(C)c2C#N)CCCCC1. The molecule has 0 radical (unpaired) electrons. The highest BCUT2D eigenvalue weighted by molar-refractivity contribution is 8.00. The van der Waals surface area contributed by atoms with Gasteiger partial charge in [0, 0.05) is 11.3 Å². The lowest BCUT2D eigenvalue weighted by Crippen LogP contribution is -2.35. The van der Waals surface area contributed by atoms with E-state index in [4.69, 9.17) is 5.26 Å². The van der Waals surface area contributed by atoms with Gasteiger partial charge in [-0.1, -0.05) is 19.3 Å². The van der Waals surface area contributed by atoms with Crippen molar-refractivity contribution in [2.24, 2.45) is 0 Å². The number of nitriles is 1. The van der Waals surface area contributed by atoms with Gasteiger partial charge in [-0.2, -0.15) is 21.4 Å². The first-order chi connectivity index (χ1) is 8.71. The Bertz CT molecular complexity index is 442. The van der Waals surface area contributed by atoms with Gasteiger partial charge in [0.2, 0.25) is 0 Å². The van der Waals surface area contributed by atoms with Crippen LogP contribution in [0, 0.1) is 18.3 Å². The number of aryl methyl sites for hydroxylation is 1. The molecule has 98 valence electrons. The van der Waals surface area contributed by atoms with Crippen molar-refractivity contribution in [3.05, 3.63) is 11.3 Å². The van der Waals surface area contributed by atoms with E-state index in [1.165, 1.54) is 43.6 Å². The van der Waals surface area contributed by atoms with Crippen LogP contribution in [0.3, 0.4) is 0 Å². The van der Waals surface area contributed by atoms with Crippen LogP contribution in [0.5, 0.6) is 0 Å². The van der Waals surface area contributed by atoms with Gasteiger partial charge in [0.05, 0.1) is 5.69 Å². The zero-order chi connectivity index (χ0) is 13.0. The summed E-state index contributed by atoms with van der Waals surface area (Å²) >= 11 is 3.38. The van der Waals surface area contributed by atoms with Crippen LogP contribution in [0.4, 0.5) is 5.00 Å². The molecule has 0 aromatic carbocycles. The molecule has 5 heteroatoms. The van der Waals surface area contributed by atoms with Gasteiger partial charge in [0.1, 0.15) is 16.6 Å². The van der Waals surface area contributed by atoms with E-state index in [1.807, 2.05) is 18.7 Å². The fraction of sp³-hybridized carbons (Fsp3) is 0.692.